The molecule has 0 amide bonds. The smallest absolute Gasteiger partial charge is 0.128 e. The Hall–Kier alpha value is -1.97. The minimum absolute atomic E-state index is 0.719. The summed E-state index contributed by atoms with van der Waals surface area (Å²) in [5.74, 6) is 1.55. The summed E-state index contributed by atoms with van der Waals surface area (Å²) >= 11 is 0. The molecule has 0 aliphatic carbocycles. The number of ether oxygens (including phenoxy) is 1. The Morgan fingerprint density at radius 1 is 1.39 bits per heavy atom. The lowest BCUT2D eigenvalue weighted by Gasteiger charge is -2.08. The summed E-state index contributed by atoms with van der Waals surface area (Å²) in [7, 11) is 3.53. The molecule has 2 rings (SSSR count). The molecule has 0 unspecified atom stereocenters. The lowest BCUT2D eigenvalue weighted by molar-refractivity contribution is 0.416. The number of aryl methyl sites for hydroxylation is 2. The summed E-state index contributed by atoms with van der Waals surface area (Å²) < 4.78 is 7.13. The first-order valence-electron chi connectivity index (χ1n) is 6.04. The highest BCUT2D eigenvalue weighted by Gasteiger charge is 2.17. The van der Waals surface area contributed by atoms with Crippen molar-refractivity contribution in [2.24, 2.45) is 7.05 Å². The van der Waals surface area contributed by atoms with Crippen molar-refractivity contribution in [1.82, 2.24) is 9.78 Å². The maximum atomic E-state index is 6.04. The minimum Gasteiger partial charge on any atom is -0.496 e. The summed E-state index contributed by atoms with van der Waals surface area (Å²) in [4.78, 5) is 0. The first-order valence-corrected chi connectivity index (χ1v) is 6.04. The van der Waals surface area contributed by atoms with Crippen LogP contribution in [0, 0.1) is 6.92 Å². The van der Waals surface area contributed by atoms with E-state index in [1.54, 1.807) is 11.8 Å². The van der Waals surface area contributed by atoms with Crippen molar-refractivity contribution in [3.05, 3.63) is 29.3 Å². The second-order valence-corrected chi connectivity index (χ2v) is 4.39. The molecular weight excluding hydrogens is 226 g/mol. The van der Waals surface area contributed by atoms with Gasteiger partial charge in [-0.2, -0.15) is 5.10 Å². The highest BCUT2D eigenvalue weighted by molar-refractivity contribution is 5.74. The van der Waals surface area contributed by atoms with Gasteiger partial charge in [0.1, 0.15) is 17.3 Å². The topological polar surface area (TPSA) is 53.1 Å². The second-order valence-electron chi connectivity index (χ2n) is 4.39. The van der Waals surface area contributed by atoms with Crippen LogP contribution < -0.4 is 10.5 Å². The summed E-state index contributed by atoms with van der Waals surface area (Å²) in [6.45, 7) is 4.14. The van der Waals surface area contributed by atoms with E-state index in [0.717, 1.165) is 34.8 Å². The van der Waals surface area contributed by atoms with E-state index in [0.29, 0.717) is 0 Å². The Labute approximate surface area is 107 Å². The van der Waals surface area contributed by atoms with Crippen LogP contribution in [0.5, 0.6) is 5.75 Å². The molecule has 0 aliphatic rings. The van der Waals surface area contributed by atoms with Crippen LogP contribution in [0.2, 0.25) is 0 Å². The molecule has 4 heteroatoms. The fourth-order valence-electron chi connectivity index (χ4n) is 2.15. The molecule has 2 aromatic rings. The first kappa shape index (κ1) is 12.5. The molecule has 1 heterocycles. The third-order valence-electron chi connectivity index (χ3n) is 3.16. The Kier molecular flexibility index (Phi) is 3.28. The van der Waals surface area contributed by atoms with Crippen LogP contribution in [0.1, 0.15) is 18.1 Å². The molecule has 0 saturated heterocycles. The van der Waals surface area contributed by atoms with Crippen molar-refractivity contribution < 1.29 is 4.74 Å². The van der Waals surface area contributed by atoms with Gasteiger partial charge in [0.25, 0.3) is 0 Å². The van der Waals surface area contributed by atoms with Crippen molar-refractivity contribution in [1.29, 1.82) is 0 Å². The molecule has 2 N–H and O–H groups in total. The SMILES string of the molecule is CCc1c(-c2cc(C)ccc2OC)nn(C)c1N. The molecule has 0 radical (unpaired) electrons. The molecule has 0 saturated carbocycles. The van der Waals surface area contributed by atoms with Gasteiger partial charge < -0.3 is 10.5 Å². The van der Waals surface area contributed by atoms with E-state index in [1.807, 2.05) is 19.2 Å². The van der Waals surface area contributed by atoms with Gasteiger partial charge >= 0.3 is 0 Å². The van der Waals surface area contributed by atoms with Gasteiger partial charge in [0.15, 0.2) is 0 Å². The molecule has 1 aromatic carbocycles. The average molecular weight is 245 g/mol. The van der Waals surface area contributed by atoms with E-state index >= 15 is 0 Å². The molecule has 96 valence electrons. The number of nitrogens with zero attached hydrogens (tertiary/aromatic N) is 2. The number of anilines is 1. The summed E-state index contributed by atoms with van der Waals surface area (Å²) in [5, 5.41) is 4.51. The van der Waals surface area contributed by atoms with Crippen molar-refractivity contribution in [2.75, 3.05) is 12.8 Å². The van der Waals surface area contributed by atoms with Gasteiger partial charge in [0.05, 0.1) is 7.11 Å². The molecule has 4 nitrogen and oxygen atoms in total. The van der Waals surface area contributed by atoms with E-state index < -0.39 is 0 Å². The van der Waals surface area contributed by atoms with Crippen LogP contribution >= 0.6 is 0 Å². The van der Waals surface area contributed by atoms with Crippen LogP contribution in [0.4, 0.5) is 5.82 Å². The summed E-state index contributed by atoms with van der Waals surface area (Å²) in [6.07, 6.45) is 0.853. The van der Waals surface area contributed by atoms with E-state index in [4.69, 9.17) is 10.5 Å². The maximum Gasteiger partial charge on any atom is 0.128 e. The molecule has 0 bridgehead atoms. The van der Waals surface area contributed by atoms with E-state index in [1.165, 1.54) is 5.56 Å². The van der Waals surface area contributed by atoms with Crippen molar-refractivity contribution in [3.63, 3.8) is 0 Å². The number of rotatable bonds is 3. The van der Waals surface area contributed by atoms with Crippen LogP contribution in [-0.2, 0) is 13.5 Å². The van der Waals surface area contributed by atoms with Gasteiger partial charge in [0, 0.05) is 18.2 Å². The standard InChI is InChI=1S/C14H19N3O/c1-5-10-13(16-17(3)14(10)15)11-8-9(2)6-7-12(11)18-4/h6-8H,5,15H2,1-4H3. The number of hydrogen-bond donors (Lipinski definition) is 1. The largest absolute Gasteiger partial charge is 0.496 e. The van der Waals surface area contributed by atoms with Gasteiger partial charge in [-0.05, 0) is 25.5 Å². The van der Waals surface area contributed by atoms with E-state index in [2.05, 4.69) is 25.0 Å². The number of nitrogens with two attached hydrogens (primary N) is 1. The van der Waals surface area contributed by atoms with Crippen LogP contribution in [0.3, 0.4) is 0 Å². The molecule has 0 atom stereocenters. The minimum atomic E-state index is 0.719. The van der Waals surface area contributed by atoms with Gasteiger partial charge in [-0.25, -0.2) is 0 Å². The number of nitrogen functional groups attached to an aromatic ring is 1. The van der Waals surface area contributed by atoms with Crippen molar-refractivity contribution in [2.45, 2.75) is 20.3 Å². The molecule has 0 aliphatic heterocycles. The zero-order valence-corrected chi connectivity index (χ0v) is 11.3. The molecule has 0 spiro atoms. The van der Waals surface area contributed by atoms with Crippen molar-refractivity contribution >= 4 is 5.82 Å². The van der Waals surface area contributed by atoms with Crippen LogP contribution in [0.15, 0.2) is 18.2 Å². The zero-order valence-electron chi connectivity index (χ0n) is 11.3. The van der Waals surface area contributed by atoms with Gasteiger partial charge in [-0.15, -0.1) is 0 Å². The third kappa shape index (κ3) is 1.94. The fraction of sp³-hybridized carbons (Fsp3) is 0.357. The molecule has 0 fully saturated rings. The number of hydrogen-bond acceptors (Lipinski definition) is 3. The fourth-order valence-corrected chi connectivity index (χ4v) is 2.15. The van der Waals surface area contributed by atoms with Gasteiger partial charge in [-0.1, -0.05) is 18.6 Å². The average Bonchev–Trinajstić information content (AvgIpc) is 2.65. The van der Waals surface area contributed by atoms with Crippen molar-refractivity contribution in [3.8, 4) is 17.0 Å². The van der Waals surface area contributed by atoms with E-state index in [9.17, 15) is 0 Å². The molecular formula is C14H19N3O. The number of aromatic nitrogens is 2. The Morgan fingerprint density at radius 2 is 2.11 bits per heavy atom. The monoisotopic (exact) mass is 245 g/mol. The second kappa shape index (κ2) is 4.72. The number of methoxy groups -OCH3 is 1. The predicted molar refractivity (Wildman–Crippen MR) is 73.7 cm³/mol. The Bertz CT molecular complexity index is 573. The zero-order chi connectivity index (χ0) is 13.3. The predicted octanol–water partition coefficient (Wildman–Crippen LogP) is 2.55. The highest BCUT2D eigenvalue weighted by Crippen LogP contribution is 2.34. The Balaban J connectivity index is 2.68. The lowest BCUT2D eigenvalue weighted by atomic mass is 10.0. The summed E-state index contributed by atoms with van der Waals surface area (Å²) in [5.41, 5.74) is 10.2. The number of benzene rings is 1. The third-order valence-corrected chi connectivity index (χ3v) is 3.16. The van der Waals surface area contributed by atoms with Crippen LogP contribution in [-0.4, -0.2) is 16.9 Å². The highest BCUT2D eigenvalue weighted by atomic mass is 16.5. The summed E-state index contributed by atoms with van der Waals surface area (Å²) in [6, 6.07) is 6.08. The molecule has 1 aromatic heterocycles. The first-order chi connectivity index (χ1) is 8.58. The van der Waals surface area contributed by atoms with E-state index in [-0.39, 0.29) is 0 Å². The normalized spacial score (nSPS) is 10.7. The molecule has 18 heavy (non-hydrogen) atoms. The van der Waals surface area contributed by atoms with Gasteiger partial charge in [-0.3, -0.25) is 4.68 Å². The van der Waals surface area contributed by atoms with Gasteiger partial charge in [0.2, 0.25) is 0 Å². The maximum absolute atomic E-state index is 6.04. The lowest BCUT2D eigenvalue weighted by Crippen LogP contribution is -1.98. The Morgan fingerprint density at radius 3 is 2.72 bits per heavy atom. The van der Waals surface area contributed by atoms with Crippen LogP contribution in [0.25, 0.3) is 11.3 Å². The quantitative estimate of drug-likeness (QED) is 0.904.